The number of ether oxygens (including phenoxy) is 1. The smallest absolute Gasteiger partial charge is 0.417 e. The van der Waals surface area contributed by atoms with E-state index in [4.69, 9.17) is 9.52 Å². The summed E-state index contributed by atoms with van der Waals surface area (Å²) in [5.41, 5.74) is -1.60. The molecule has 2 N–H and O–H groups in total. The number of nitrogens with one attached hydrogen (secondary N) is 2. The number of nitrogens with zero attached hydrogens (tertiary/aromatic N) is 1. The number of alkyl halides is 5. The van der Waals surface area contributed by atoms with E-state index in [2.05, 4.69) is 10.3 Å². The van der Waals surface area contributed by atoms with Crippen molar-refractivity contribution in [1.82, 2.24) is 4.98 Å². The van der Waals surface area contributed by atoms with Crippen LogP contribution in [-0.2, 0) is 15.9 Å². The lowest BCUT2D eigenvalue weighted by molar-refractivity contribution is -0.137. The molecule has 1 aromatic heterocycles. The summed E-state index contributed by atoms with van der Waals surface area (Å²) in [6, 6.07) is 6.12. The SMILES string of the molecule is CS(=N)(=O)c1cccc(NC(=O)c2cc(C(F)(F)F)cnc2OC2CCC(F)(F)CC2)c1. The first-order valence-corrected chi connectivity index (χ1v) is 11.5. The lowest BCUT2D eigenvalue weighted by Crippen LogP contribution is -2.31. The Hall–Kier alpha value is -2.76. The van der Waals surface area contributed by atoms with Gasteiger partial charge in [-0.25, -0.2) is 22.8 Å². The second-order valence-electron chi connectivity index (χ2n) is 7.57. The number of aromatic nitrogens is 1. The van der Waals surface area contributed by atoms with Crippen LogP contribution >= 0.6 is 0 Å². The van der Waals surface area contributed by atoms with Gasteiger partial charge in [-0.1, -0.05) is 6.07 Å². The van der Waals surface area contributed by atoms with Gasteiger partial charge in [0.05, 0.1) is 15.3 Å². The van der Waals surface area contributed by atoms with Gasteiger partial charge in [-0.05, 0) is 37.1 Å². The first-order valence-electron chi connectivity index (χ1n) is 9.51. The zero-order chi connectivity index (χ0) is 23.7. The summed E-state index contributed by atoms with van der Waals surface area (Å²) in [6.45, 7) is 0. The summed E-state index contributed by atoms with van der Waals surface area (Å²) in [5, 5.41) is 2.38. The van der Waals surface area contributed by atoms with E-state index in [0.717, 1.165) is 0 Å². The molecule has 0 spiro atoms. The number of rotatable bonds is 5. The van der Waals surface area contributed by atoms with Gasteiger partial charge in [0.15, 0.2) is 0 Å². The van der Waals surface area contributed by atoms with Crippen LogP contribution in [0.25, 0.3) is 0 Å². The molecule has 32 heavy (non-hydrogen) atoms. The minimum Gasteiger partial charge on any atom is -0.474 e. The average Bonchev–Trinajstić information content (AvgIpc) is 2.68. The normalized spacial score (nSPS) is 18.6. The highest BCUT2D eigenvalue weighted by Gasteiger charge is 2.37. The van der Waals surface area contributed by atoms with Crippen molar-refractivity contribution in [2.75, 3.05) is 11.6 Å². The van der Waals surface area contributed by atoms with Gasteiger partial charge in [0.1, 0.15) is 11.7 Å². The minimum atomic E-state index is -4.77. The molecule has 6 nitrogen and oxygen atoms in total. The fraction of sp³-hybridized carbons (Fsp3) is 0.400. The number of benzene rings is 1. The fourth-order valence-corrected chi connectivity index (χ4v) is 3.86. The Kier molecular flexibility index (Phi) is 6.45. The quantitative estimate of drug-likeness (QED) is 0.569. The zero-order valence-corrected chi connectivity index (χ0v) is 17.7. The van der Waals surface area contributed by atoms with Crippen molar-refractivity contribution in [3.05, 3.63) is 47.7 Å². The Balaban J connectivity index is 1.89. The highest BCUT2D eigenvalue weighted by atomic mass is 32.2. The van der Waals surface area contributed by atoms with Crippen LogP contribution in [0.5, 0.6) is 5.88 Å². The van der Waals surface area contributed by atoms with Crippen molar-refractivity contribution < 1.29 is 35.7 Å². The van der Waals surface area contributed by atoms with E-state index < -0.39 is 63.7 Å². The minimum absolute atomic E-state index is 0.0346. The van der Waals surface area contributed by atoms with Crippen LogP contribution in [0.2, 0.25) is 0 Å². The molecule has 0 aliphatic heterocycles. The Morgan fingerprint density at radius 2 is 1.91 bits per heavy atom. The van der Waals surface area contributed by atoms with Crippen LogP contribution in [0.15, 0.2) is 41.4 Å². The Labute approximate surface area is 181 Å². The van der Waals surface area contributed by atoms with Crippen LogP contribution in [0.1, 0.15) is 41.6 Å². The second-order valence-corrected chi connectivity index (χ2v) is 9.73. The highest BCUT2D eigenvalue weighted by molar-refractivity contribution is 7.91. The molecular weight excluding hydrogens is 457 g/mol. The number of anilines is 1. The number of carbonyl (C=O) groups excluding carboxylic acids is 1. The molecule has 1 saturated carbocycles. The highest BCUT2D eigenvalue weighted by Crippen LogP contribution is 2.36. The van der Waals surface area contributed by atoms with Gasteiger partial charge in [0.25, 0.3) is 5.91 Å². The molecule has 0 radical (unpaired) electrons. The van der Waals surface area contributed by atoms with E-state index in [-0.39, 0.29) is 23.4 Å². The molecule has 1 amide bonds. The lowest BCUT2D eigenvalue weighted by Gasteiger charge is -2.28. The summed E-state index contributed by atoms with van der Waals surface area (Å²) in [7, 11) is -3.09. The Morgan fingerprint density at radius 3 is 2.50 bits per heavy atom. The molecule has 0 bridgehead atoms. The first kappa shape index (κ1) is 23.9. The van der Waals surface area contributed by atoms with E-state index in [9.17, 15) is 31.0 Å². The summed E-state index contributed by atoms with van der Waals surface area (Å²) < 4.78 is 91.3. The summed E-state index contributed by atoms with van der Waals surface area (Å²) in [5.74, 6) is -4.21. The average molecular weight is 477 g/mol. The van der Waals surface area contributed by atoms with Crippen molar-refractivity contribution in [2.45, 2.75) is 48.8 Å². The van der Waals surface area contributed by atoms with Crippen LogP contribution < -0.4 is 10.1 Å². The van der Waals surface area contributed by atoms with Gasteiger partial charge in [-0.3, -0.25) is 4.79 Å². The topological polar surface area (TPSA) is 92.1 Å². The van der Waals surface area contributed by atoms with Gasteiger partial charge in [-0.2, -0.15) is 13.2 Å². The molecule has 1 aliphatic rings. The van der Waals surface area contributed by atoms with Crippen LogP contribution in [0.3, 0.4) is 0 Å². The maximum atomic E-state index is 13.4. The van der Waals surface area contributed by atoms with Gasteiger partial charge in [-0.15, -0.1) is 0 Å². The number of hydrogen-bond acceptors (Lipinski definition) is 5. The molecule has 0 saturated heterocycles. The van der Waals surface area contributed by atoms with E-state index in [1.807, 2.05) is 0 Å². The first-order chi connectivity index (χ1) is 14.7. The predicted molar refractivity (Wildman–Crippen MR) is 107 cm³/mol. The molecule has 3 rings (SSSR count). The maximum Gasteiger partial charge on any atom is 0.417 e. The van der Waals surface area contributed by atoms with E-state index >= 15 is 0 Å². The third-order valence-corrected chi connectivity index (χ3v) is 6.06. The molecule has 1 atom stereocenters. The van der Waals surface area contributed by atoms with Gasteiger partial charge in [0.2, 0.25) is 11.8 Å². The van der Waals surface area contributed by atoms with Crippen molar-refractivity contribution in [3.63, 3.8) is 0 Å². The van der Waals surface area contributed by atoms with Gasteiger partial charge in [0, 0.05) is 35.9 Å². The molecule has 1 fully saturated rings. The molecule has 12 heteroatoms. The number of carbonyl (C=O) groups is 1. The van der Waals surface area contributed by atoms with E-state index in [1.54, 1.807) is 0 Å². The maximum absolute atomic E-state index is 13.4. The fourth-order valence-electron chi connectivity index (χ4n) is 3.17. The Morgan fingerprint density at radius 1 is 1.25 bits per heavy atom. The summed E-state index contributed by atoms with van der Waals surface area (Å²) in [4.78, 5) is 16.5. The van der Waals surface area contributed by atoms with E-state index in [1.165, 1.54) is 30.5 Å². The summed E-state index contributed by atoms with van der Waals surface area (Å²) >= 11 is 0. The molecule has 1 heterocycles. The molecule has 1 unspecified atom stereocenters. The third kappa shape index (κ3) is 5.93. The van der Waals surface area contributed by atoms with Crippen molar-refractivity contribution in [1.29, 1.82) is 4.78 Å². The number of halogens is 5. The Bertz CT molecular complexity index is 1110. The molecule has 2 aromatic rings. The number of amides is 1. The largest absolute Gasteiger partial charge is 0.474 e. The standard InChI is InChI=1S/C20H20F5N3O3S/c1-32(26,30)15-4-2-3-13(10-15)28-17(29)16-9-12(20(23,24)25)11-27-18(16)31-14-5-7-19(21,22)8-6-14/h2-4,9-11,14,26H,5-8H2,1H3,(H,28,29). The third-order valence-electron chi connectivity index (χ3n) is 4.91. The second kappa shape index (κ2) is 8.64. The monoisotopic (exact) mass is 477 g/mol. The number of pyridine rings is 1. The van der Waals surface area contributed by atoms with Gasteiger partial charge >= 0.3 is 6.18 Å². The van der Waals surface area contributed by atoms with Crippen molar-refractivity contribution >= 4 is 21.3 Å². The van der Waals surface area contributed by atoms with Gasteiger partial charge < -0.3 is 10.1 Å². The predicted octanol–water partition coefficient (Wildman–Crippen LogP) is 5.34. The van der Waals surface area contributed by atoms with Crippen LogP contribution in [0.4, 0.5) is 27.6 Å². The number of hydrogen-bond donors (Lipinski definition) is 2. The van der Waals surface area contributed by atoms with Crippen molar-refractivity contribution in [2.24, 2.45) is 0 Å². The van der Waals surface area contributed by atoms with Crippen LogP contribution in [0, 0.1) is 4.78 Å². The molecule has 174 valence electrons. The lowest BCUT2D eigenvalue weighted by atomic mass is 9.94. The van der Waals surface area contributed by atoms with E-state index in [0.29, 0.717) is 12.3 Å². The molecular formula is C20H20F5N3O3S. The summed E-state index contributed by atoms with van der Waals surface area (Å²) in [6.07, 6.45) is -4.73. The molecule has 1 aromatic carbocycles. The van der Waals surface area contributed by atoms with Crippen LogP contribution in [-0.4, -0.2) is 33.4 Å². The van der Waals surface area contributed by atoms with Crippen molar-refractivity contribution in [3.8, 4) is 5.88 Å². The molecule has 1 aliphatic carbocycles. The zero-order valence-electron chi connectivity index (χ0n) is 16.8.